The Morgan fingerprint density at radius 1 is 1.00 bits per heavy atom. The van der Waals surface area contributed by atoms with Gasteiger partial charge in [0, 0.05) is 34.6 Å². The minimum atomic E-state index is -0.723. The van der Waals surface area contributed by atoms with Crippen molar-refractivity contribution in [2.45, 2.75) is 39.5 Å². The molecule has 0 bridgehead atoms. The van der Waals surface area contributed by atoms with Crippen molar-refractivity contribution < 1.29 is 19.0 Å². The highest BCUT2D eigenvalue weighted by molar-refractivity contribution is 6.30. The van der Waals surface area contributed by atoms with Gasteiger partial charge in [-0.15, -0.1) is 0 Å². The number of hydrogen-bond donors (Lipinski definition) is 1. The summed E-state index contributed by atoms with van der Waals surface area (Å²) in [5.41, 5.74) is 2.46. The molecule has 0 unspecified atom stereocenters. The Balaban J connectivity index is 1.37. The molecule has 1 aliphatic heterocycles. The van der Waals surface area contributed by atoms with Crippen LogP contribution in [0.5, 0.6) is 11.5 Å². The minimum Gasteiger partial charge on any atom is -0.456 e. The minimum absolute atomic E-state index is 0.0650. The highest BCUT2D eigenvalue weighted by Crippen LogP contribution is 2.25. The number of rotatable bonds is 9. The van der Waals surface area contributed by atoms with Gasteiger partial charge >= 0.3 is 0 Å². The van der Waals surface area contributed by atoms with E-state index in [-0.39, 0.29) is 37.5 Å². The number of carbonyl (C=O) groups excluding carboxylic acids is 1. The fourth-order valence-electron chi connectivity index (χ4n) is 4.27. The van der Waals surface area contributed by atoms with E-state index in [9.17, 15) is 9.59 Å². The van der Waals surface area contributed by atoms with Crippen molar-refractivity contribution in [2.75, 3.05) is 18.5 Å². The van der Waals surface area contributed by atoms with Crippen LogP contribution < -0.4 is 15.6 Å². The van der Waals surface area contributed by atoms with Crippen LogP contribution in [-0.4, -0.2) is 39.3 Å². The molecule has 2 aromatic heterocycles. The molecule has 0 saturated carbocycles. The number of halogens is 1. The van der Waals surface area contributed by atoms with Crippen LogP contribution in [0.3, 0.4) is 0 Å². The molecule has 10 heteroatoms. The number of nitrogens with one attached hydrogen (secondary N) is 1. The van der Waals surface area contributed by atoms with Crippen molar-refractivity contribution in [3.8, 4) is 11.5 Å². The lowest BCUT2D eigenvalue weighted by Gasteiger charge is -2.34. The monoisotopic (exact) mass is 574 g/mol. The summed E-state index contributed by atoms with van der Waals surface area (Å²) in [6.45, 7) is 6.26. The van der Waals surface area contributed by atoms with Crippen molar-refractivity contribution >= 4 is 29.0 Å². The van der Waals surface area contributed by atoms with E-state index in [0.29, 0.717) is 33.7 Å². The Hall–Kier alpha value is -4.05. The predicted molar refractivity (Wildman–Crippen MR) is 156 cm³/mol. The first-order valence-corrected chi connectivity index (χ1v) is 13.6. The zero-order valence-corrected chi connectivity index (χ0v) is 23.9. The lowest BCUT2D eigenvalue weighted by atomic mass is 9.99. The van der Waals surface area contributed by atoms with Crippen LogP contribution in [0.15, 0.2) is 77.9 Å². The Morgan fingerprint density at radius 3 is 2.34 bits per heavy atom. The first-order chi connectivity index (χ1) is 19.6. The van der Waals surface area contributed by atoms with Crippen molar-refractivity contribution in [3.05, 3.63) is 105 Å². The van der Waals surface area contributed by atoms with E-state index in [1.165, 1.54) is 10.8 Å². The molecule has 1 fully saturated rings. The topological polar surface area (TPSA) is 105 Å². The van der Waals surface area contributed by atoms with Crippen molar-refractivity contribution in [1.82, 2.24) is 14.5 Å². The zero-order valence-electron chi connectivity index (χ0n) is 23.1. The van der Waals surface area contributed by atoms with Gasteiger partial charge in [0.1, 0.15) is 17.3 Å². The smallest absolute Gasteiger partial charge is 0.258 e. The first kappa shape index (κ1) is 28.5. The van der Waals surface area contributed by atoms with E-state index >= 15 is 0 Å². The standard InChI is InChI=1S/C31H31ClN4O5/c1-20-4-11-27(16-33-20)41-26-12-9-25(10-13-26)35-30-34-15-22(14-28(37)23-18-39-31(2,3)40-19-23)29(38)36(30)17-21-5-7-24(32)8-6-21/h4-13,15-16,23H,14,17-19H2,1-3H3,(H,34,35). The summed E-state index contributed by atoms with van der Waals surface area (Å²) in [5, 5.41) is 3.83. The number of aryl methyl sites for hydroxylation is 1. The second-order valence-corrected chi connectivity index (χ2v) is 10.8. The fraction of sp³-hybridized carbons (Fsp3) is 0.290. The van der Waals surface area contributed by atoms with Gasteiger partial charge in [-0.1, -0.05) is 23.7 Å². The van der Waals surface area contributed by atoms with E-state index in [1.54, 1.807) is 32.2 Å². The third kappa shape index (κ3) is 7.38. The van der Waals surface area contributed by atoms with Crippen molar-refractivity contribution in [3.63, 3.8) is 0 Å². The Kier molecular flexibility index (Phi) is 8.49. The van der Waals surface area contributed by atoms with Gasteiger partial charge in [-0.25, -0.2) is 4.98 Å². The number of benzene rings is 2. The third-order valence-corrected chi connectivity index (χ3v) is 6.94. The second-order valence-electron chi connectivity index (χ2n) is 10.4. The van der Waals surface area contributed by atoms with Gasteiger partial charge in [-0.3, -0.25) is 19.1 Å². The molecule has 1 aliphatic rings. The average molecular weight is 575 g/mol. The Labute approximate surface area is 243 Å². The second kappa shape index (κ2) is 12.2. The maximum Gasteiger partial charge on any atom is 0.258 e. The summed E-state index contributed by atoms with van der Waals surface area (Å²) in [5.74, 6) is 0.317. The molecule has 4 aromatic rings. The number of ketones is 1. The molecule has 1 saturated heterocycles. The Bertz CT molecular complexity index is 1560. The summed E-state index contributed by atoms with van der Waals surface area (Å²) in [7, 11) is 0. The number of carbonyl (C=O) groups is 1. The maximum absolute atomic E-state index is 13.7. The molecular weight excluding hydrogens is 544 g/mol. The van der Waals surface area contributed by atoms with Crippen LogP contribution in [0.25, 0.3) is 0 Å². The van der Waals surface area contributed by atoms with Crippen molar-refractivity contribution in [2.24, 2.45) is 5.92 Å². The van der Waals surface area contributed by atoms with Gasteiger partial charge in [-0.05, 0) is 74.9 Å². The summed E-state index contributed by atoms with van der Waals surface area (Å²) in [4.78, 5) is 35.5. The molecule has 0 atom stereocenters. The van der Waals surface area contributed by atoms with E-state index in [4.69, 9.17) is 25.8 Å². The lowest BCUT2D eigenvalue weighted by Crippen LogP contribution is -2.43. The fourth-order valence-corrected chi connectivity index (χ4v) is 4.40. The summed E-state index contributed by atoms with van der Waals surface area (Å²) in [6.07, 6.45) is 3.06. The van der Waals surface area contributed by atoms with Crippen LogP contribution in [0.1, 0.15) is 30.7 Å². The SMILES string of the molecule is Cc1ccc(Oc2ccc(Nc3ncc(CC(=O)C4COC(C)(C)OC4)c(=O)n3Cc3ccc(Cl)cc3)cc2)cn1. The normalized spacial score (nSPS) is 14.9. The molecule has 2 aromatic carbocycles. The molecule has 0 spiro atoms. The molecule has 1 N–H and O–H groups in total. The van der Waals surface area contributed by atoms with E-state index in [2.05, 4.69) is 15.3 Å². The molecule has 41 heavy (non-hydrogen) atoms. The lowest BCUT2D eigenvalue weighted by molar-refractivity contribution is -0.258. The van der Waals surface area contributed by atoms with Gasteiger partial charge in [-0.2, -0.15) is 0 Å². The molecular formula is C31H31ClN4O5. The number of Topliss-reactive ketones (excluding diaryl/α,β-unsaturated/α-hetero) is 1. The van der Waals surface area contributed by atoms with Gasteiger partial charge in [0.2, 0.25) is 5.95 Å². The van der Waals surface area contributed by atoms with Crippen LogP contribution in [0.2, 0.25) is 5.02 Å². The molecule has 0 radical (unpaired) electrons. The molecule has 9 nitrogen and oxygen atoms in total. The maximum atomic E-state index is 13.7. The molecule has 3 heterocycles. The number of nitrogens with zero attached hydrogens (tertiary/aromatic N) is 3. The summed E-state index contributed by atoms with van der Waals surface area (Å²) >= 11 is 6.06. The number of aromatic nitrogens is 3. The van der Waals surface area contributed by atoms with Crippen LogP contribution >= 0.6 is 11.6 Å². The van der Waals surface area contributed by atoms with Crippen LogP contribution in [-0.2, 0) is 27.2 Å². The summed E-state index contributed by atoms with van der Waals surface area (Å²) < 4.78 is 18.7. The average Bonchev–Trinajstić information content (AvgIpc) is 2.95. The molecule has 5 rings (SSSR count). The first-order valence-electron chi connectivity index (χ1n) is 13.3. The highest BCUT2D eigenvalue weighted by atomic mass is 35.5. The van der Waals surface area contributed by atoms with E-state index < -0.39 is 11.7 Å². The number of pyridine rings is 1. The zero-order chi connectivity index (χ0) is 29.0. The van der Waals surface area contributed by atoms with Gasteiger partial charge in [0.05, 0.1) is 31.9 Å². The number of ether oxygens (including phenoxy) is 3. The van der Waals surface area contributed by atoms with Gasteiger partial charge in [0.15, 0.2) is 5.79 Å². The molecule has 0 amide bonds. The number of hydrogen-bond acceptors (Lipinski definition) is 8. The third-order valence-electron chi connectivity index (χ3n) is 6.69. The predicted octanol–water partition coefficient (Wildman–Crippen LogP) is 5.70. The van der Waals surface area contributed by atoms with Crippen molar-refractivity contribution in [1.29, 1.82) is 0 Å². The van der Waals surface area contributed by atoms with E-state index in [1.807, 2.05) is 55.5 Å². The molecule has 212 valence electrons. The largest absolute Gasteiger partial charge is 0.456 e. The van der Waals surface area contributed by atoms with E-state index in [0.717, 1.165) is 11.3 Å². The van der Waals surface area contributed by atoms with Gasteiger partial charge in [0.25, 0.3) is 5.56 Å². The number of anilines is 2. The quantitative estimate of drug-likeness (QED) is 0.272. The van der Waals surface area contributed by atoms with Gasteiger partial charge < -0.3 is 19.5 Å². The summed E-state index contributed by atoms with van der Waals surface area (Å²) in [6, 6.07) is 18.3. The Morgan fingerprint density at radius 2 is 1.68 bits per heavy atom. The van der Waals surface area contributed by atoms with Crippen LogP contribution in [0, 0.1) is 12.8 Å². The van der Waals surface area contributed by atoms with Crippen LogP contribution in [0.4, 0.5) is 11.6 Å². The molecule has 0 aliphatic carbocycles. The highest BCUT2D eigenvalue weighted by Gasteiger charge is 2.32.